The van der Waals surface area contributed by atoms with E-state index < -0.39 is 5.60 Å². The molecular weight excluding hydrogens is 282 g/mol. The molecular formula is C21H17NO. The number of nitrogens with one attached hydrogen (secondary N) is 1. The van der Waals surface area contributed by atoms with Crippen molar-refractivity contribution >= 4 is 10.9 Å². The van der Waals surface area contributed by atoms with E-state index in [0.717, 1.165) is 27.7 Å². The SMILES string of the molecule is OC(c1ccccc1)(c1ccccc1)c1cc2ccccc2[nH]1. The molecule has 0 aliphatic carbocycles. The highest BCUT2D eigenvalue weighted by Crippen LogP contribution is 2.37. The molecule has 0 spiro atoms. The quantitative estimate of drug-likeness (QED) is 0.576. The van der Waals surface area contributed by atoms with E-state index in [-0.39, 0.29) is 0 Å². The highest BCUT2D eigenvalue weighted by Gasteiger charge is 2.35. The normalized spacial score (nSPS) is 11.7. The number of aromatic nitrogens is 1. The first-order valence-corrected chi connectivity index (χ1v) is 7.70. The maximum atomic E-state index is 11.7. The Hall–Kier alpha value is -2.84. The van der Waals surface area contributed by atoms with Crippen molar-refractivity contribution in [3.63, 3.8) is 0 Å². The van der Waals surface area contributed by atoms with E-state index in [2.05, 4.69) is 4.98 Å². The molecule has 0 radical (unpaired) electrons. The third-order valence-corrected chi connectivity index (χ3v) is 4.30. The third kappa shape index (κ3) is 2.24. The molecule has 0 atom stereocenters. The van der Waals surface area contributed by atoms with Crippen LogP contribution in [0.1, 0.15) is 16.8 Å². The first kappa shape index (κ1) is 13.8. The number of aliphatic hydroxyl groups is 1. The van der Waals surface area contributed by atoms with Crippen molar-refractivity contribution in [2.24, 2.45) is 0 Å². The molecule has 112 valence electrons. The van der Waals surface area contributed by atoms with E-state index in [1.807, 2.05) is 91.0 Å². The summed E-state index contributed by atoms with van der Waals surface area (Å²) in [5.74, 6) is 0. The predicted molar refractivity (Wildman–Crippen MR) is 93.3 cm³/mol. The van der Waals surface area contributed by atoms with Crippen molar-refractivity contribution in [2.45, 2.75) is 5.60 Å². The summed E-state index contributed by atoms with van der Waals surface area (Å²) in [4.78, 5) is 3.38. The Morgan fingerprint density at radius 2 is 1.17 bits per heavy atom. The zero-order valence-corrected chi connectivity index (χ0v) is 12.6. The third-order valence-electron chi connectivity index (χ3n) is 4.30. The molecule has 0 unspecified atom stereocenters. The highest BCUT2D eigenvalue weighted by atomic mass is 16.3. The van der Waals surface area contributed by atoms with E-state index >= 15 is 0 Å². The van der Waals surface area contributed by atoms with E-state index in [1.165, 1.54) is 0 Å². The first-order valence-electron chi connectivity index (χ1n) is 7.70. The van der Waals surface area contributed by atoms with Gasteiger partial charge in [0.05, 0.1) is 5.69 Å². The van der Waals surface area contributed by atoms with Gasteiger partial charge < -0.3 is 10.1 Å². The lowest BCUT2D eigenvalue weighted by molar-refractivity contribution is 0.121. The number of aromatic amines is 1. The fraction of sp³-hybridized carbons (Fsp3) is 0.0476. The number of para-hydroxylation sites is 1. The number of rotatable bonds is 3. The van der Waals surface area contributed by atoms with E-state index in [9.17, 15) is 5.11 Å². The lowest BCUT2D eigenvalue weighted by Gasteiger charge is -2.28. The van der Waals surface area contributed by atoms with Crippen LogP contribution in [0.5, 0.6) is 0 Å². The molecule has 0 fully saturated rings. The van der Waals surface area contributed by atoms with Gasteiger partial charge in [-0.2, -0.15) is 0 Å². The molecule has 0 saturated heterocycles. The Labute approximate surface area is 135 Å². The second-order valence-corrected chi connectivity index (χ2v) is 5.71. The van der Waals surface area contributed by atoms with Gasteiger partial charge in [-0.1, -0.05) is 78.9 Å². The fourth-order valence-electron chi connectivity index (χ4n) is 3.10. The topological polar surface area (TPSA) is 36.0 Å². The van der Waals surface area contributed by atoms with Crippen molar-refractivity contribution in [3.8, 4) is 0 Å². The molecule has 1 aromatic heterocycles. The summed E-state index contributed by atoms with van der Waals surface area (Å²) in [5.41, 5.74) is 2.28. The van der Waals surface area contributed by atoms with Gasteiger partial charge in [-0.05, 0) is 28.6 Å². The Morgan fingerprint density at radius 3 is 1.74 bits per heavy atom. The average Bonchev–Trinajstić information content (AvgIpc) is 3.07. The smallest absolute Gasteiger partial charge is 0.155 e. The molecule has 23 heavy (non-hydrogen) atoms. The number of hydrogen-bond acceptors (Lipinski definition) is 1. The van der Waals surface area contributed by atoms with Gasteiger partial charge in [0.1, 0.15) is 0 Å². The van der Waals surface area contributed by atoms with Crippen molar-refractivity contribution < 1.29 is 5.11 Å². The summed E-state index contributed by atoms with van der Waals surface area (Å²) < 4.78 is 0. The van der Waals surface area contributed by atoms with Crippen molar-refractivity contribution in [3.05, 3.63) is 108 Å². The summed E-state index contributed by atoms with van der Waals surface area (Å²) in [6.45, 7) is 0. The Morgan fingerprint density at radius 1 is 0.652 bits per heavy atom. The summed E-state index contributed by atoms with van der Waals surface area (Å²) in [5, 5.41) is 12.8. The minimum atomic E-state index is -1.21. The van der Waals surface area contributed by atoms with Gasteiger partial charge >= 0.3 is 0 Å². The standard InChI is InChI=1S/C21H17NO/c23-21(17-10-3-1-4-11-17,18-12-5-2-6-13-18)20-15-16-9-7-8-14-19(16)22-20/h1-15,22-23H. The molecule has 2 N–H and O–H groups in total. The number of H-pyrrole nitrogens is 1. The summed E-state index contributed by atoms with van der Waals surface area (Å²) in [7, 11) is 0. The molecule has 0 aliphatic heterocycles. The van der Waals surface area contributed by atoms with Gasteiger partial charge in [0.15, 0.2) is 5.60 Å². The zero-order valence-electron chi connectivity index (χ0n) is 12.6. The molecule has 4 rings (SSSR count). The van der Waals surface area contributed by atoms with Crippen LogP contribution in [0.25, 0.3) is 10.9 Å². The van der Waals surface area contributed by atoms with Crippen molar-refractivity contribution in [1.82, 2.24) is 4.98 Å². The van der Waals surface area contributed by atoms with E-state index in [0.29, 0.717) is 0 Å². The number of hydrogen-bond donors (Lipinski definition) is 2. The maximum absolute atomic E-state index is 11.7. The lowest BCUT2D eigenvalue weighted by atomic mass is 9.83. The molecule has 1 heterocycles. The fourth-order valence-corrected chi connectivity index (χ4v) is 3.10. The molecule has 0 aliphatic rings. The summed E-state index contributed by atoms with van der Waals surface area (Å²) in [6, 6.07) is 29.6. The summed E-state index contributed by atoms with van der Waals surface area (Å²) >= 11 is 0. The van der Waals surface area contributed by atoms with Crippen LogP contribution in [0.4, 0.5) is 0 Å². The first-order chi connectivity index (χ1) is 11.3. The minimum absolute atomic E-state index is 0.774. The largest absolute Gasteiger partial charge is 0.375 e. The van der Waals surface area contributed by atoms with Crippen molar-refractivity contribution in [2.75, 3.05) is 0 Å². The van der Waals surface area contributed by atoms with Crippen LogP contribution in [0.2, 0.25) is 0 Å². The molecule has 2 nitrogen and oxygen atoms in total. The van der Waals surface area contributed by atoms with E-state index in [4.69, 9.17) is 0 Å². The van der Waals surface area contributed by atoms with Gasteiger partial charge in [0.25, 0.3) is 0 Å². The van der Waals surface area contributed by atoms with Gasteiger partial charge in [0.2, 0.25) is 0 Å². The van der Waals surface area contributed by atoms with Gasteiger partial charge in [-0.3, -0.25) is 0 Å². The summed E-state index contributed by atoms with van der Waals surface area (Å²) in [6.07, 6.45) is 0. The average molecular weight is 299 g/mol. The highest BCUT2D eigenvalue weighted by molar-refractivity contribution is 5.81. The van der Waals surface area contributed by atoms with Gasteiger partial charge in [0, 0.05) is 5.52 Å². The van der Waals surface area contributed by atoms with Gasteiger partial charge in [-0.25, -0.2) is 0 Å². The van der Waals surface area contributed by atoms with Gasteiger partial charge in [-0.15, -0.1) is 0 Å². The number of fused-ring (bicyclic) bond motifs is 1. The molecule has 0 bridgehead atoms. The molecule has 2 heteroatoms. The van der Waals surface area contributed by atoms with Crippen LogP contribution in [-0.2, 0) is 5.60 Å². The Balaban J connectivity index is 1.99. The second kappa shape index (κ2) is 5.41. The second-order valence-electron chi connectivity index (χ2n) is 5.71. The molecule has 4 aromatic rings. The Bertz CT molecular complexity index is 853. The maximum Gasteiger partial charge on any atom is 0.155 e. The van der Waals surface area contributed by atoms with Crippen LogP contribution in [0.3, 0.4) is 0 Å². The van der Waals surface area contributed by atoms with Crippen LogP contribution in [0, 0.1) is 0 Å². The number of benzene rings is 3. The molecule has 0 amide bonds. The van der Waals surface area contributed by atoms with Crippen molar-refractivity contribution in [1.29, 1.82) is 0 Å². The van der Waals surface area contributed by atoms with E-state index in [1.54, 1.807) is 0 Å². The molecule has 0 saturated carbocycles. The molecule has 3 aromatic carbocycles. The van der Waals surface area contributed by atoms with Crippen LogP contribution in [0.15, 0.2) is 91.0 Å². The predicted octanol–water partition coefficient (Wildman–Crippen LogP) is 4.45. The zero-order chi connectivity index (χ0) is 15.7. The van der Waals surface area contributed by atoms with Crippen LogP contribution < -0.4 is 0 Å². The Kier molecular flexibility index (Phi) is 3.25. The minimum Gasteiger partial charge on any atom is -0.375 e. The lowest BCUT2D eigenvalue weighted by Crippen LogP contribution is -2.29. The van der Waals surface area contributed by atoms with Crippen LogP contribution >= 0.6 is 0 Å². The van der Waals surface area contributed by atoms with Crippen LogP contribution in [-0.4, -0.2) is 10.1 Å². The monoisotopic (exact) mass is 299 g/mol.